The van der Waals surface area contributed by atoms with Crippen molar-refractivity contribution in [1.82, 2.24) is 4.98 Å². The van der Waals surface area contributed by atoms with Crippen molar-refractivity contribution in [3.05, 3.63) is 66.1 Å². The van der Waals surface area contributed by atoms with Gasteiger partial charge in [0.05, 0.1) is 24.7 Å². The molecule has 2 aromatic carbocycles. The Kier molecular flexibility index (Phi) is 4.19. The van der Waals surface area contributed by atoms with Gasteiger partial charge in [0.25, 0.3) is 0 Å². The second-order valence-corrected chi connectivity index (χ2v) is 5.07. The third-order valence-corrected chi connectivity index (χ3v) is 3.43. The Labute approximate surface area is 132 Å². The number of hydrogen-bond donors (Lipinski definition) is 1. The van der Waals surface area contributed by atoms with Gasteiger partial charge in [-0.05, 0) is 30.3 Å². The molecule has 0 spiro atoms. The predicted octanol–water partition coefficient (Wildman–Crippen LogP) is 3.83. The number of fused-ring (bicyclic) bond motifs is 1. The third kappa shape index (κ3) is 3.45. The first-order valence-electron chi connectivity index (χ1n) is 7.14. The lowest BCUT2D eigenvalue weighted by molar-refractivity contribution is -0.139. The molecule has 1 N–H and O–H groups in total. The molecule has 0 aliphatic rings. The summed E-state index contributed by atoms with van der Waals surface area (Å²) in [5.41, 5.74) is 2.74. The Bertz CT molecular complexity index is 865. The predicted molar refractivity (Wildman–Crippen MR) is 87.1 cm³/mol. The zero-order valence-corrected chi connectivity index (χ0v) is 12.5. The molecule has 23 heavy (non-hydrogen) atoms. The number of esters is 1. The van der Waals surface area contributed by atoms with Crippen LogP contribution in [0.2, 0.25) is 0 Å². The van der Waals surface area contributed by atoms with Crippen molar-refractivity contribution in [3.8, 4) is 0 Å². The van der Waals surface area contributed by atoms with Crippen LogP contribution < -0.4 is 5.32 Å². The van der Waals surface area contributed by atoms with Gasteiger partial charge in [0.2, 0.25) is 0 Å². The number of halogens is 1. The first-order chi connectivity index (χ1) is 11.2. The number of hydrogen-bond acceptors (Lipinski definition) is 4. The first kappa shape index (κ1) is 15.0. The second-order valence-electron chi connectivity index (χ2n) is 5.07. The fourth-order valence-electron chi connectivity index (χ4n) is 2.37. The molecule has 116 valence electrons. The number of para-hydroxylation sites is 1. The molecule has 0 atom stereocenters. The van der Waals surface area contributed by atoms with Crippen molar-refractivity contribution in [2.24, 2.45) is 0 Å². The summed E-state index contributed by atoms with van der Waals surface area (Å²) in [4.78, 5) is 16.0. The number of anilines is 2. The van der Waals surface area contributed by atoms with Crippen molar-refractivity contribution in [3.63, 3.8) is 0 Å². The zero-order chi connectivity index (χ0) is 16.2. The van der Waals surface area contributed by atoms with E-state index in [1.807, 2.05) is 24.3 Å². The highest BCUT2D eigenvalue weighted by atomic mass is 19.1. The molecule has 3 rings (SSSR count). The molecule has 0 saturated heterocycles. The number of aromatic nitrogens is 1. The van der Waals surface area contributed by atoms with Crippen molar-refractivity contribution < 1.29 is 13.9 Å². The molecule has 3 aromatic rings. The van der Waals surface area contributed by atoms with Gasteiger partial charge < -0.3 is 10.1 Å². The van der Waals surface area contributed by atoms with E-state index < -0.39 is 0 Å². The molecule has 0 fully saturated rings. The molecule has 0 aliphatic heterocycles. The van der Waals surface area contributed by atoms with Crippen LogP contribution in [0, 0.1) is 5.82 Å². The highest BCUT2D eigenvalue weighted by Crippen LogP contribution is 2.27. The minimum Gasteiger partial charge on any atom is -0.469 e. The van der Waals surface area contributed by atoms with E-state index >= 15 is 0 Å². The summed E-state index contributed by atoms with van der Waals surface area (Å²) >= 11 is 0. The molecule has 5 heteroatoms. The zero-order valence-electron chi connectivity index (χ0n) is 12.5. The van der Waals surface area contributed by atoms with Crippen LogP contribution in [0.25, 0.3) is 10.9 Å². The van der Waals surface area contributed by atoms with E-state index in [9.17, 15) is 9.18 Å². The molecule has 4 nitrogen and oxygen atoms in total. The summed E-state index contributed by atoms with van der Waals surface area (Å²) < 4.78 is 18.1. The average Bonchev–Trinajstić information content (AvgIpc) is 2.55. The van der Waals surface area contributed by atoms with Crippen LogP contribution in [0.5, 0.6) is 0 Å². The average molecular weight is 310 g/mol. The highest BCUT2D eigenvalue weighted by Gasteiger charge is 2.10. The summed E-state index contributed by atoms with van der Waals surface area (Å²) in [5, 5.41) is 4.08. The van der Waals surface area contributed by atoms with Crippen molar-refractivity contribution in [2.45, 2.75) is 6.42 Å². The van der Waals surface area contributed by atoms with Crippen molar-refractivity contribution >= 4 is 28.2 Å². The summed E-state index contributed by atoms with van der Waals surface area (Å²) in [7, 11) is 1.34. The number of ether oxygens (including phenoxy) is 1. The van der Waals surface area contributed by atoms with Crippen LogP contribution in [0.15, 0.2) is 54.6 Å². The normalized spacial score (nSPS) is 10.5. The van der Waals surface area contributed by atoms with E-state index in [0.29, 0.717) is 11.4 Å². The molecular formula is C18H15FN2O2. The number of pyridine rings is 1. The Morgan fingerprint density at radius 3 is 2.78 bits per heavy atom. The van der Waals surface area contributed by atoms with Gasteiger partial charge >= 0.3 is 5.97 Å². The lowest BCUT2D eigenvalue weighted by atomic mass is 10.1. The topological polar surface area (TPSA) is 51.2 Å². The largest absolute Gasteiger partial charge is 0.469 e. The number of nitrogens with one attached hydrogen (secondary N) is 1. The van der Waals surface area contributed by atoms with Crippen LogP contribution in [-0.4, -0.2) is 18.1 Å². The van der Waals surface area contributed by atoms with E-state index in [1.54, 1.807) is 18.2 Å². The van der Waals surface area contributed by atoms with Crippen LogP contribution in [0.3, 0.4) is 0 Å². The first-order valence-corrected chi connectivity index (χ1v) is 7.14. The number of benzene rings is 2. The van der Waals surface area contributed by atoms with E-state index in [0.717, 1.165) is 16.6 Å². The molecule has 0 amide bonds. The van der Waals surface area contributed by atoms with Crippen LogP contribution >= 0.6 is 0 Å². The quantitative estimate of drug-likeness (QED) is 0.744. The molecular weight excluding hydrogens is 295 g/mol. The third-order valence-electron chi connectivity index (χ3n) is 3.43. The summed E-state index contributed by atoms with van der Waals surface area (Å²) in [6.45, 7) is 0. The minimum atomic E-state index is -0.357. The van der Waals surface area contributed by atoms with Crippen molar-refractivity contribution in [1.29, 1.82) is 0 Å². The number of carbonyl (C=O) groups is 1. The van der Waals surface area contributed by atoms with Gasteiger partial charge in [-0.3, -0.25) is 9.78 Å². The van der Waals surface area contributed by atoms with Gasteiger partial charge in [0, 0.05) is 16.8 Å². The monoisotopic (exact) mass is 310 g/mol. The second kappa shape index (κ2) is 6.44. The maximum Gasteiger partial charge on any atom is 0.311 e. The maximum atomic E-state index is 13.4. The fraction of sp³-hybridized carbons (Fsp3) is 0.111. The maximum absolute atomic E-state index is 13.4. The summed E-state index contributed by atoms with van der Waals surface area (Å²) in [6.07, 6.45) is 0.0825. The molecule has 1 aromatic heterocycles. The van der Waals surface area contributed by atoms with Gasteiger partial charge in [-0.15, -0.1) is 0 Å². The number of nitrogens with zero attached hydrogens (tertiary/aromatic N) is 1. The van der Waals surface area contributed by atoms with Crippen molar-refractivity contribution in [2.75, 3.05) is 12.4 Å². The summed E-state index contributed by atoms with van der Waals surface area (Å²) in [6, 6.07) is 15.6. The Balaban J connectivity index is 2.04. The van der Waals surface area contributed by atoms with Crippen LogP contribution in [-0.2, 0) is 16.0 Å². The van der Waals surface area contributed by atoms with Crippen LogP contribution in [0.1, 0.15) is 5.69 Å². The van der Waals surface area contributed by atoms with E-state index in [-0.39, 0.29) is 18.2 Å². The highest BCUT2D eigenvalue weighted by molar-refractivity contribution is 5.93. The van der Waals surface area contributed by atoms with Gasteiger partial charge in [0.15, 0.2) is 0 Å². The van der Waals surface area contributed by atoms with Crippen LogP contribution in [0.4, 0.5) is 15.8 Å². The van der Waals surface area contributed by atoms with E-state index in [4.69, 9.17) is 4.74 Å². The Morgan fingerprint density at radius 2 is 2.00 bits per heavy atom. The molecule has 0 saturated carbocycles. The molecule has 1 heterocycles. The van der Waals surface area contributed by atoms with Gasteiger partial charge in [0.1, 0.15) is 5.82 Å². The minimum absolute atomic E-state index is 0.0825. The molecule has 0 bridgehead atoms. The van der Waals surface area contributed by atoms with E-state index in [2.05, 4.69) is 10.3 Å². The lowest BCUT2D eigenvalue weighted by Crippen LogP contribution is -2.07. The SMILES string of the molecule is COC(=O)Cc1cc(Nc2cccc(F)c2)c2ccccc2n1. The fourth-order valence-corrected chi connectivity index (χ4v) is 2.37. The number of methoxy groups -OCH3 is 1. The Hall–Kier alpha value is -2.95. The summed E-state index contributed by atoms with van der Waals surface area (Å²) in [5.74, 6) is -0.673. The van der Waals surface area contributed by atoms with Gasteiger partial charge in [-0.2, -0.15) is 0 Å². The smallest absolute Gasteiger partial charge is 0.311 e. The number of rotatable bonds is 4. The molecule has 0 aliphatic carbocycles. The standard InChI is InChI=1S/C18H15FN2O2/c1-23-18(22)11-14-10-17(15-7-2-3-8-16(15)21-14)20-13-6-4-5-12(19)9-13/h2-10H,11H2,1H3,(H,20,21). The Morgan fingerprint density at radius 1 is 1.17 bits per heavy atom. The lowest BCUT2D eigenvalue weighted by Gasteiger charge is -2.12. The molecule has 0 radical (unpaired) electrons. The van der Waals surface area contributed by atoms with Gasteiger partial charge in [-0.25, -0.2) is 4.39 Å². The molecule has 0 unspecified atom stereocenters. The van der Waals surface area contributed by atoms with Gasteiger partial charge in [-0.1, -0.05) is 24.3 Å². The number of carbonyl (C=O) groups excluding carboxylic acids is 1. The van der Waals surface area contributed by atoms with E-state index in [1.165, 1.54) is 19.2 Å².